The maximum atomic E-state index is 12.9. The third-order valence-corrected chi connectivity index (χ3v) is 6.12. The molecule has 1 unspecified atom stereocenters. The molecule has 1 aliphatic carbocycles. The molecule has 0 bridgehead atoms. The molecule has 1 atom stereocenters. The Labute approximate surface area is 149 Å². The first-order valence-corrected chi connectivity index (χ1v) is 9.88. The van der Waals surface area contributed by atoms with Gasteiger partial charge < -0.3 is 15.0 Å². The minimum atomic E-state index is 0.150. The number of morpholine rings is 1. The first kappa shape index (κ1) is 17.0. The number of aromatic nitrogens is 2. The molecule has 1 N–H and O–H groups in total. The quantitative estimate of drug-likeness (QED) is 0.898. The molecular formula is C19H30N4O2. The Morgan fingerprint density at radius 3 is 2.88 bits per heavy atom. The van der Waals surface area contributed by atoms with Crippen LogP contribution in [0.1, 0.15) is 53.8 Å². The van der Waals surface area contributed by atoms with Gasteiger partial charge in [0.15, 0.2) is 5.69 Å². The van der Waals surface area contributed by atoms with Crippen molar-refractivity contribution in [2.24, 2.45) is 13.0 Å². The molecule has 6 heteroatoms. The molecule has 2 aliphatic heterocycles. The van der Waals surface area contributed by atoms with E-state index in [0.29, 0.717) is 6.10 Å². The lowest BCUT2D eigenvalue weighted by Crippen LogP contribution is -2.40. The van der Waals surface area contributed by atoms with E-state index in [0.717, 1.165) is 82.9 Å². The summed E-state index contributed by atoms with van der Waals surface area (Å²) in [5.74, 6) is 0.876. The monoisotopic (exact) mass is 346 g/mol. The summed E-state index contributed by atoms with van der Waals surface area (Å²) in [6, 6.07) is 0. The number of fused-ring (bicyclic) bond motifs is 1. The minimum Gasteiger partial charge on any atom is -0.376 e. The smallest absolute Gasteiger partial charge is 0.274 e. The number of piperidine rings is 1. The normalized spacial score (nSPS) is 24.5. The van der Waals surface area contributed by atoms with Crippen molar-refractivity contribution < 1.29 is 9.53 Å². The summed E-state index contributed by atoms with van der Waals surface area (Å²) in [4.78, 5) is 14.9. The molecule has 0 radical (unpaired) electrons. The van der Waals surface area contributed by atoms with E-state index in [4.69, 9.17) is 4.74 Å². The fraction of sp³-hybridized carbons (Fsp3) is 0.789. The number of amides is 1. The van der Waals surface area contributed by atoms with Crippen LogP contribution in [0.2, 0.25) is 0 Å². The average Bonchev–Trinajstić information content (AvgIpc) is 3.25. The lowest BCUT2D eigenvalue weighted by molar-refractivity contribution is 0.0175. The van der Waals surface area contributed by atoms with E-state index in [1.807, 2.05) is 16.6 Å². The Morgan fingerprint density at radius 1 is 1.28 bits per heavy atom. The number of nitrogens with one attached hydrogen (secondary N) is 1. The van der Waals surface area contributed by atoms with Gasteiger partial charge in [-0.15, -0.1) is 0 Å². The summed E-state index contributed by atoms with van der Waals surface area (Å²) < 4.78 is 7.71. The fourth-order valence-electron chi connectivity index (χ4n) is 4.58. The van der Waals surface area contributed by atoms with E-state index >= 15 is 0 Å². The van der Waals surface area contributed by atoms with Crippen LogP contribution in [0.15, 0.2) is 0 Å². The molecule has 0 saturated carbocycles. The van der Waals surface area contributed by atoms with Crippen LogP contribution in [0.5, 0.6) is 0 Å². The summed E-state index contributed by atoms with van der Waals surface area (Å²) in [5.41, 5.74) is 3.19. The summed E-state index contributed by atoms with van der Waals surface area (Å²) >= 11 is 0. The van der Waals surface area contributed by atoms with Gasteiger partial charge in [0, 0.05) is 44.5 Å². The van der Waals surface area contributed by atoms with Gasteiger partial charge in [-0.05, 0) is 50.9 Å². The molecular weight excluding hydrogens is 316 g/mol. The molecule has 138 valence electrons. The number of rotatable bonds is 4. The van der Waals surface area contributed by atoms with Crippen molar-refractivity contribution in [3.63, 3.8) is 0 Å². The predicted octanol–water partition coefficient (Wildman–Crippen LogP) is 1.53. The van der Waals surface area contributed by atoms with Crippen LogP contribution in [0, 0.1) is 5.92 Å². The highest BCUT2D eigenvalue weighted by molar-refractivity contribution is 5.94. The molecule has 3 aliphatic rings. The van der Waals surface area contributed by atoms with Gasteiger partial charge in [-0.1, -0.05) is 0 Å². The van der Waals surface area contributed by atoms with Crippen LogP contribution >= 0.6 is 0 Å². The lowest BCUT2D eigenvalue weighted by Gasteiger charge is -2.33. The van der Waals surface area contributed by atoms with Crippen molar-refractivity contribution in [1.82, 2.24) is 20.0 Å². The standard InChI is InChI=1S/C19H30N4O2/c1-22-17-4-2-3-16(17)18(21-22)19(24)23-10-7-14(8-11-23)5-6-15-13-20-9-12-25-15/h14-15,20H,2-13H2,1H3. The van der Waals surface area contributed by atoms with E-state index in [2.05, 4.69) is 10.4 Å². The molecule has 2 saturated heterocycles. The van der Waals surface area contributed by atoms with Crippen LogP contribution in [0.25, 0.3) is 0 Å². The second-order valence-corrected chi connectivity index (χ2v) is 7.76. The average molecular weight is 346 g/mol. The molecule has 1 aromatic heterocycles. The number of hydrogen-bond acceptors (Lipinski definition) is 4. The maximum Gasteiger partial charge on any atom is 0.274 e. The predicted molar refractivity (Wildman–Crippen MR) is 95.7 cm³/mol. The third-order valence-electron chi connectivity index (χ3n) is 6.12. The van der Waals surface area contributed by atoms with Crippen LogP contribution in [0.3, 0.4) is 0 Å². The number of carbonyl (C=O) groups is 1. The van der Waals surface area contributed by atoms with Gasteiger partial charge in [-0.3, -0.25) is 9.48 Å². The van der Waals surface area contributed by atoms with E-state index in [1.165, 1.54) is 17.7 Å². The van der Waals surface area contributed by atoms with Crippen molar-refractivity contribution in [3.05, 3.63) is 17.0 Å². The van der Waals surface area contributed by atoms with Crippen molar-refractivity contribution in [3.8, 4) is 0 Å². The van der Waals surface area contributed by atoms with Crippen LogP contribution < -0.4 is 5.32 Å². The number of hydrogen-bond donors (Lipinski definition) is 1. The summed E-state index contributed by atoms with van der Waals surface area (Å²) in [6.45, 7) is 4.56. The van der Waals surface area contributed by atoms with Gasteiger partial charge >= 0.3 is 0 Å². The second-order valence-electron chi connectivity index (χ2n) is 7.76. The van der Waals surface area contributed by atoms with E-state index in [1.54, 1.807) is 0 Å². The van der Waals surface area contributed by atoms with Crippen LogP contribution in [-0.2, 0) is 24.6 Å². The Morgan fingerprint density at radius 2 is 2.12 bits per heavy atom. The summed E-state index contributed by atoms with van der Waals surface area (Å²) in [6.07, 6.45) is 8.18. The van der Waals surface area contributed by atoms with Gasteiger partial charge in [0.25, 0.3) is 5.91 Å². The molecule has 0 aromatic carbocycles. The Bertz CT molecular complexity index is 613. The largest absolute Gasteiger partial charge is 0.376 e. The SMILES string of the molecule is Cn1nc(C(=O)N2CCC(CCC3CNCCO3)CC2)c2c1CCC2. The Kier molecular flexibility index (Phi) is 5.08. The van der Waals surface area contributed by atoms with E-state index in [-0.39, 0.29) is 5.91 Å². The summed E-state index contributed by atoms with van der Waals surface area (Å²) in [5, 5.41) is 7.92. The fourth-order valence-corrected chi connectivity index (χ4v) is 4.58. The highest BCUT2D eigenvalue weighted by atomic mass is 16.5. The highest BCUT2D eigenvalue weighted by Gasteiger charge is 2.30. The number of nitrogens with zero attached hydrogens (tertiary/aromatic N) is 3. The molecule has 1 amide bonds. The molecule has 2 fully saturated rings. The van der Waals surface area contributed by atoms with Crippen LogP contribution in [-0.4, -0.2) is 59.5 Å². The van der Waals surface area contributed by atoms with E-state index in [9.17, 15) is 4.79 Å². The molecule has 6 nitrogen and oxygen atoms in total. The molecule has 1 aromatic rings. The summed E-state index contributed by atoms with van der Waals surface area (Å²) in [7, 11) is 1.97. The second kappa shape index (κ2) is 7.46. The topological polar surface area (TPSA) is 59.4 Å². The van der Waals surface area contributed by atoms with Gasteiger partial charge in [-0.2, -0.15) is 5.10 Å². The molecule has 25 heavy (non-hydrogen) atoms. The lowest BCUT2D eigenvalue weighted by atomic mass is 9.90. The van der Waals surface area contributed by atoms with Crippen molar-refractivity contribution >= 4 is 5.91 Å². The number of likely N-dealkylation sites (tertiary alicyclic amines) is 1. The van der Waals surface area contributed by atoms with Gasteiger partial charge in [0.05, 0.1) is 12.7 Å². The number of carbonyl (C=O) groups excluding carboxylic acids is 1. The zero-order valence-electron chi connectivity index (χ0n) is 15.3. The van der Waals surface area contributed by atoms with Crippen LogP contribution in [0.4, 0.5) is 0 Å². The Hall–Kier alpha value is -1.40. The zero-order chi connectivity index (χ0) is 17.2. The minimum absolute atomic E-state index is 0.150. The maximum absolute atomic E-state index is 12.9. The molecule has 3 heterocycles. The van der Waals surface area contributed by atoms with Gasteiger partial charge in [-0.25, -0.2) is 0 Å². The molecule has 0 spiro atoms. The van der Waals surface area contributed by atoms with E-state index < -0.39 is 0 Å². The van der Waals surface area contributed by atoms with Gasteiger partial charge in [0.2, 0.25) is 0 Å². The van der Waals surface area contributed by atoms with Crippen molar-refractivity contribution in [2.45, 2.75) is 51.0 Å². The van der Waals surface area contributed by atoms with Crippen molar-refractivity contribution in [2.75, 3.05) is 32.8 Å². The first-order chi connectivity index (χ1) is 12.2. The third kappa shape index (κ3) is 3.60. The highest BCUT2D eigenvalue weighted by Crippen LogP contribution is 2.28. The first-order valence-electron chi connectivity index (χ1n) is 9.88. The van der Waals surface area contributed by atoms with Crippen molar-refractivity contribution in [1.29, 1.82) is 0 Å². The Balaban J connectivity index is 1.28. The number of ether oxygens (including phenoxy) is 1. The zero-order valence-corrected chi connectivity index (χ0v) is 15.3. The molecule has 4 rings (SSSR count). The number of aryl methyl sites for hydroxylation is 1. The van der Waals surface area contributed by atoms with Gasteiger partial charge in [0.1, 0.15) is 0 Å².